The van der Waals surface area contributed by atoms with Crippen LogP contribution in [-0.2, 0) is 0 Å². The van der Waals surface area contributed by atoms with Crippen molar-refractivity contribution in [2.24, 2.45) is 0 Å². The van der Waals surface area contributed by atoms with E-state index >= 15 is 0 Å². The first kappa shape index (κ1) is 9.78. The molecule has 1 aromatic rings. The largest absolute Gasteiger partial charge is 0.384 e. The lowest BCUT2D eigenvalue weighted by Gasteiger charge is -2.23. The zero-order valence-electron chi connectivity index (χ0n) is 8.56. The number of nitrogens with two attached hydrogens (primary N) is 1. The molecule has 1 fully saturated rings. The summed E-state index contributed by atoms with van der Waals surface area (Å²) < 4.78 is 0. The molecule has 2 N–H and O–H groups in total. The Morgan fingerprint density at radius 1 is 1.60 bits per heavy atom. The predicted molar refractivity (Wildman–Crippen MR) is 59.2 cm³/mol. The third-order valence-electron chi connectivity index (χ3n) is 2.55. The van der Waals surface area contributed by atoms with Crippen LogP contribution in [0.5, 0.6) is 0 Å². The van der Waals surface area contributed by atoms with Gasteiger partial charge in [-0.25, -0.2) is 4.98 Å². The molecule has 1 aliphatic rings. The van der Waals surface area contributed by atoms with Crippen LogP contribution in [-0.4, -0.2) is 17.6 Å². The van der Waals surface area contributed by atoms with E-state index in [2.05, 4.69) is 16.0 Å². The summed E-state index contributed by atoms with van der Waals surface area (Å²) in [6, 6.07) is 6.60. The second-order valence-electron chi connectivity index (χ2n) is 3.77. The predicted octanol–water partition coefficient (Wildman–Crippen LogP) is 1.55. The minimum atomic E-state index is 0.537. The number of anilines is 2. The molecule has 1 aromatic heterocycles. The lowest BCUT2D eigenvalue weighted by atomic mass is 10.3. The van der Waals surface area contributed by atoms with Gasteiger partial charge >= 0.3 is 0 Å². The summed E-state index contributed by atoms with van der Waals surface area (Å²) in [5.41, 5.74) is 6.73. The van der Waals surface area contributed by atoms with Gasteiger partial charge in [-0.15, -0.1) is 0 Å². The molecule has 4 heteroatoms. The van der Waals surface area contributed by atoms with E-state index in [0.717, 1.165) is 12.2 Å². The van der Waals surface area contributed by atoms with Gasteiger partial charge in [-0.2, -0.15) is 5.26 Å². The lowest BCUT2D eigenvalue weighted by Crippen LogP contribution is -2.26. The number of hydrogen-bond donors (Lipinski definition) is 1. The molecule has 0 atom stereocenters. The van der Waals surface area contributed by atoms with Crippen LogP contribution in [0.25, 0.3) is 0 Å². The molecule has 78 valence electrons. The van der Waals surface area contributed by atoms with Gasteiger partial charge in [-0.1, -0.05) is 0 Å². The van der Waals surface area contributed by atoms with E-state index in [0.29, 0.717) is 18.3 Å². The summed E-state index contributed by atoms with van der Waals surface area (Å²) in [6.07, 6.45) is 4.70. The van der Waals surface area contributed by atoms with Gasteiger partial charge in [0.1, 0.15) is 5.82 Å². The molecule has 0 saturated heterocycles. The third kappa shape index (κ3) is 2.38. The number of nitriles is 1. The second kappa shape index (κ2) is 4.18. The van der Waals surface area contributed by atoms with Crippen LogP contribution in [0.4, 0.5) is 11.5 Å². The fourth-order valence-corrected chi connectivity index (χ4v) is 1.69. The molecule has 0 amide bonds. The van der Waals surface area contributed by atoms with Crippen molar-refractivity contribution in [2.45, 2.75) is 25.3 Å². The van der Waals surface area contributed by atoms with Crippen LogP contribution in [0.3, 0.4) is 0 Å². The van der Waals surface area contributed by atoms with Crippen molar-refractivity contribution in [3.05, 3.63) is 18.3 Å². The van der Waals surface area contributed by atoms with Crippen LogP contribution in [0, 0.1) is 11.3 Å². The van der Waals surface area contributed by atoms with Gasteiger partial charge in [0.2, 0.25) is 0 Å². The number of rotatable bonds is 4. The number of pyridine rings is 1. The zero-order chi connectivity index (χ0) is 10.7. The standard InChI is InChI=1S/C11H14N4/c12-5-1-7-15(9-2-3-9)10-4-6-14-11(13)8-10/h4,6,8-9H,1-3,7H2,(H2,13,14). The van der Waals surface area contributed by atoms with Crippen molar-refractivity contribution in [3.8, 4) is 6.07 Å². The third-order valence-corrected chi connectivity index (χ3v) is 2.55. The Balaban J connectivity index is 2.13. The highest BCUT2D eigenvalue weighted by Crippen LogP contribution is 2.31. The molecular formula is C11H14N4. The van der Waals surface area contributed by atoms with Crippen molar-refractivity contribution in [1.82, 2.24) is 4.98 Å². The molecule has 1 aliphatic carbocycles. The Hall–Kier alpha value is -1.76. The molecule has 1 saturated carbocycles. The molecule has 0 bridgehead atoms. The van der Waals surface area contributed by atoms with Crippen LogP contribution in [0.2, 0.25) is 0 Å². The zero-order valence-corrected chi connectivity index (χ0v) is 8.56. The Morgan fingerprint density at radius 2 is 2.40 bits per heavy atom. The van der Waals surface area contributed by atoms with E-state index in [1.165, 1.54) is 12.8 Å². The SMILES string of the molecule is N#CCCN(c1ccnc(N)c1)C1CC1. The number of nitrogen functional groups attached to an aromatic ring is 1. The van der Waals surface area contributed by atoms with E-state index in [1.54, 1.807) is 6.20 Å². The Bertz CT molecular complexity index is 378. The molecule has 4 nitrogen and oxygen atoms in total. The van der Waals surface area contributed by atoms with Crippen molar-refractivity contribution in [3.63, 3.8) is 0 Å². The number of aromatic nitrogens is 1. The molecular weight excluding hydrogens is 188 g/mol. The summed E-state index contributed by atoms with van der Waals surface area (Å²) in [5.74, 6) is 0.537. The van der Waals surface area contributed by atoms with E-state index in [4.69, 9.17) is 11.0 Å². The van der Waals surface area contributed by atoms with E-state index in [1.807, 2.05) is 12.1 Å². The molecule has 0 aromatic carbocycles. The van der Waals surface area contributed by atoms with Gasteiger partial charge in [0.15, 0.2) is 0 Å². The first-order valence-electron chi connectivity index (χ1n) is 5.16. The number of hydrogen-bond acceptors (Lipinski definition) is 4. The van der Waals surface area contributed by atoms with Crippen molar-refractivity contribution in [1.29, 1.82) is 5.26 Å². The summed E-state index contributed by atoms with van der Waals surface area (Å²) in [5, 5.41) is 8.61. The maximum Gasteiger partial charge on any atom is 0.125 e. The quantitative estimate of drug-likeness (QED) is 0.804. The maximum atomic E-state index is 8.61. The Morgan fingerprint density at radius 3 is 3.00 bits per heavy atom. The topological polar surface area (TPSA) is 65.9 Å². The summed E-state index contributed by atoms with van der Waals surface area (Å²) in [7, 11) is 0. The fourth-order valence-electron chi connectivity index (χ4n) is 1.69. The van der Waals surface area contributed by atoms with Gasteiger partial charge in [-0.3, -0.25) is 0 Å². The molecule has 0 spiro atoms. The smallest absolute Gasteiger partial charge is 0.125 e. The van der Waals surface area contributed by atoms with Crippen LogP contribution < -0.4 is 10.6 Å². The fraction of sp³-hybridized carbons (Fsp3) is 0.455. The highest BCUT2D eigenvalue weighted by Gasteiger charge is 2.28. The summed E-state index contributed by atoms with van der Waals surface area (Å²) in [4.78, 5) is 6.22. The average molecular weight is 202 g/mol. The van der Waals surface area contributed by atoms with E-state index in [9.17, 15) is 0 Å². The number of nitrogens with zero attached hydrogens (tertiary/aromatic N) is 3. The molecule has 0 radical (unpaired) electrons. The van der Waals surface area contributed by atoms with Crippen molar-refractivity contribution in [2.75, 3.05) is 17.2 Å². The second-order valence-corrected chi connectivity index (χ2v) is 3.77. The highest BCUT2D eigenvalue weighted by molar-refractivity contribution is 5.53. The monoisotopic (exact) mass is 202 g/mol. The van der Waals surface area contributed by atoms with Crippen molar-refractivity contribution < 1.29 is 0 Å². The van der Waals surface area contributed by atoms with Crippen LogP contribution in [0.1, 0.15) is 19.3 Å². The molecule has 2 rings (SSSR count). The molecule has 0 aliphatic heterocycles. The van der Waals surface area contributed by atoms with Gasteiger partial charge in [0.05, 0.1) is 12.5 Å². The summed E-state index contributed by atoms with van der Waals surface area (Å²) >= 11 is 0. The maximum absolute atomic E-state index is 8.61. The summed E-state index contributed by atoms with van der Waals surface area (Å²) in [6.45, 7) is 0.782. The highest BCUT2D eigenvalue weighted by atomic mass is 15.2. The van der Waals surface area contributed by atoms with Gasteiger partial charge in [-0.05, 0) is 18.9 Å². The van der Waals surface area contributed by atoms with Gasteiger partial charge in [0.25, 0.3) is 0 Å². The van der Waals surface area contributed by atoms with Crippen LogP contribution in [0.15, 0.2) is 18.3 Å². The first-order chi connectivity index (χ1) is 7.31. The minimum Gasteiger partial charge on any atom is -0.384 e. The van der Waals surface area contributed by atoms with E-state index in [-0.39, 0.29) is 0 Å². The lowest BCUT2D eigenvalue weighted by molar-refractivity contribution is 0.792. The van der Waals surface area contributed by atoms with Gasteiger partial charge in [0, 0.05) is 30.5 Å². The molecule has 1 heterocycles. The van der Waals surface area contributed by atoms with E-state index < -0.39 is 0 Å². The Kier molecular flexibility index (Phi) is 2.72. The minimum absolute atomic E-state index is 0.537. The van der Waals surface area contributed by atoms with Gasteiger partial charge < -0.3 is 10.6 Å². The Labute approximate surface area is 89.3 Å². The van der Waals surface area contributed by atoms with Crippen LogP contribution >= 0.6 is 0 Å². The average Bonchev–Trinajstić information content (AvgIpc) is 3.03. The molecule has 0 unspecified atom stereocenters. The normalized spacial score (nSPS) is 14.6. The molecule has 15 heavy (non-hydrogen) atoms. The first-order valence-corrected chi connectivity index (χ1v) is 5.16. The van der Waals surface area contributed by atoms with Crippen molar-refractivity contribution >= 4 is 11.5 Å².